The summed E-state index contributed by atoms with van der Waals surface area (Å²) in [7, 11) is 0. The first kappa shape index (κ1) is 21.4. The lowest BCUT2D eigenvalue weighted by molar-refractivity contribution is -0.138. The van der Waals surface area contributed by atoms with Crippen LogP contribution in [0.3, 0.4) is 0 Å². The van der Waals surface area contributed by atoms with Gasteiger partial charge in [-0.3, -0.25) is 4.40 Å². The first-order valence-corrected chi connectivity index (χ1v) is 10.6. The molecule has 1 aromatic carbocycles. The van der Waals surface area contributed by atoms with Gasteiger partial charge in [-0.1, -0.05) is 12.1 Å². The lowest BCUT2D eigenvalue weighted by Gasteiger charge is -2.29. The zero-order valence-electron chi connectivity index (χ0n) is 18.1. The minimum absolute atomic E-state index is 0.193. The molecule has 0 radical (unpaired) electrons. The number of hydrogen-bond acceptors (Lipinski definition) is 7. The molecule has 4 aromatic rings. The van der Waals surface area contributed by atoms with Crippen LogP contribution in [0.5, 0.6) is 0 Å². The smallest absolute Gasteiger partial charge is 0.378 e. The molecule has 3 aromatic heterocycles. The molecule has 4 heterocycles. The van der Waals surface area contributed by atoms with Crippen molar-refractivity contribution >= 4 is 28.2 Å². The first-order valence-electron chi connectivity index (χ1n) is 10.6. The third-order valence-corrected chi connectivity index (χ3v) is 6.00. The second-order valence-electron chi connectivity index (χ2n) is 8.00. The van der Waals surface area contributed by atoms with E-state index in [-0.39, 0.29) is 5.56 Å². The van der Waals surface area contributed by atoms with E-state index in [0.29, 0.717) is 49.0 Å². The second-order valence-corrected chi connectivity index (χ2v) is 8.00. The lowest BCUT2D eigenvalue weighted by atomic mass is 9.97. The van der Waals surface area contributed by atoms with E-state index < -0.39 is 17.8 Å². The predicted octanol–water partition coefficient (Wildman–Crippen LogP) is 4.01. The summed E-state index contributed by atoms with van der Waals surface area (Å²) in [6.07, 6.45) is -1.39. The molecule has 0 aliphatic carbocycles. The first-order chi connectivity index (χ1) is 15.8. The lowest BCUT2D eigenvalue weighted by Crippen LogP contribution is -2.36. The summed E-state index contributed by atoms with van der Waals surface area (Å²) in [5, 5.41) is 12.3. The van der Waals surface area contributed by atoms with E-state index in [4.69, 9.17) is 4.74 Å². The summed E-state index contributed by atoms with van der Waals surface area (Å²) in [5.74, 6) is 0.523. The third-order valence-electron chi connectivity index (χ3n) is 6.00. The minimum atomic E-state index is -4.41. The van der Waals surface area contributed by atoms with Crippen LogP contribution in [-0.2, 0) is 10.9 Å². The number of halogens is 3. The number of aromatic nitrogens is 5. The van der Waals surface area contributed by atoms with Gasteiger partial charge in [-0.05, 0) is 37.1 Å². The zero-order valence-corrected chi connectivity index (χ0v) is 18.1. The van der Waals surface area contributed by atoms with Crippen molar-refractivity contribution in [2.45, 2.75) is 26.1 Å². The van der Waals surface area contributed by atoms with Crippen molar-refractivity contribution in [1.29, 1.82) is 0 Å². The number of hydrogen-bond donors (Lipinski definition) is 1. The van der Waals surface area contributed by atoms with E-state index in [9.17, 15) is 13.2 Å². The maximum atomic E-state index is 13.4. The summed E-state index contributed by atoms with van der Waals surface area (Å²) in [6, 6.07) is 5.76. The van der Waals surface area contributed by atoms with Crippen molar-refractivity contribution in [1.82, 2.24) is 24.6 Å². The molecule has 0 unspecified atom stereocenters. The van der Waals surface area contributed by atoms with Crippen molar-refractivity contribution in [3.8, 4) is 0 Å². The molecule has 0 bridgehead atoms. The number of pyridine rings is 1. The Morgan fingerprint density at radius 3 is 2.67 bits per heavy atom. The monoisotopic (exact) mass is 457 g/mol. The quantitative estimate of drug-likeness (QED) is 0.496. The average Bonchev–Trinajstić information content (AvgIpc) is 3.29. The number of alkyl halides is 3. The van der Waals surface area contributed by atoms with E-state index in [2.05, 4.69) is 30.4 Å². The van der Waals surface area contributed by atoms with Crippen molar-refractivity contribution in [3.05, 3.63) is 53.6 Å². The molecule has 1 saturated heterocycles. The second kappa shape index (κ2) is 8.14. The van der Waals surface area contributed by atoms with Gasteiger partial charge in [0, 0.05) is 13.1 Å². The predicted molar refractivity (Wildman–Crippen MR) is 117 cm³/mol. The molecule has 1 atom stereocenters. The molecule has 11 heteroatoms. The molecular formula is C22H22F3N7O. The van der Waals surface area contributed by atoms with Crippen LogP contribution in [-0.4, -0.2) is 50.9 Å². The van der Waals surface area contributed by atoms with Gasteiger partial charge in [-0.25, -0.2) is 9.97 Å². The summed E-state index contributed by atoms with van der Waals surface area (Å²) in [5.41, 5.74) is 2.27. The Morgan fingerprint density at radius 2 is 1.91 bits per heavy atom. The molecule has 0 saturated carbocycles. The highest BCUT2D eigenvalue weighted by Crippen LogP contribution is 2.36. The van der Waals surface area contributed by atoms with Crippen LogP contribution in [0.25, 0.3) is 16.7 Å². The van der Waals surface area contributed by atoms with E-state index in [1.54, 1.807) is 16.8 Å². The summed E-state index contributed by atoms with van der Waals surface area (Å²) in [6.45, 7) is 5.96. The average molecular weight is 457 g/mol. The molecule has 1 aliphatic heterocycles. The summed E-state index contributed by atoms with van der Waals surface area (Å²) >= 11 is 0. The highest BCUT2D eigenvalue weighted by Gasteiger charge is 2.33. The Balaban J connectivity index is 1.58. The largest absolute Gasteiger partial charge is 0.416 e. The number of ether oxygens (including phenoxy) is 1. The van der Waals surface area contributed by atoms with E-state index in [0.717, 1.165) is 17.1 Å². The van der Waals surface area contributed by atoms with Gasteiger partial charge in [-0.15, -0.1) is 10.2 Å². The molecule has 172 valence electrons. The van der Waals surface area contributed by atoms with Gasteiger partial charge in [0.25, 0.3) is 0 Å². The van der Waals surface area contributed by atoms with Crippen LogP contribution < -0.4 is 10.2 Å². The van der Waals surface area contributed by atoms with Gasteiger partial charge in [-0.2, -0.15) is 13.2 Å². The highest BCUT2D eigenvalue weighted by molar-refractivity contribution is 5.93. The van der Waals surface area contributed by atoms with Gasteiger partial charge in [0.05, 0.1) is 35.9 Å². The standard InChI is InChI=1S/C22H22F3N7O/c1-13-15(4-3-5-17(13)22(23,24)25)14(2)29-19-16-10-18(31-6-8-33-9-7-31)21-30-28-12-32(21)20(16)27-11-26-19/h3-5,10-12,14H,6-9H2,1-2H3,(H,26,27,29)/t14-/m1/s1. The van der Waals surface area contributed by atoms with Crippen LogP contribution in [0, 0.1) is 6.92 Å². The number of rotatable bonds is 4. The Kier molecular flexibility index (Phi) is 5.28. The van der Waals surface area contributed by atoms with E-state index in [1.165, 1.54) is 19.3 Å². The molecule has 5 rings (SSSR count). The fourth-order valence-corrected chi connectivity index (χ4v) is 4.34. The van der Waals surface area contributed by atoms with Crippen LogP contribution in [0.2, 0.25) is 0 Å². The number of morpholine rings is 1. The molecule has 1 N–H and O–H groups in total. The molecule has 0 spiro atoms. The SMILES string of the molecule is Cc1c([C@@H](C)Nc2ncnc3c2cc(N2CCOCC2)c2nncn23)cccc1C(F)(F)F. The van der Waals surface area contributed by atoms with Gasteiger partial charge >= 0.3 is 6.18 Å². The van der Waals surface area contributed by atoms with Gasteiger partial charge in [0.1, 0.15) is 18.5 Å². The molecular weight excluding hydrogens is 435 g/mol. The Hall–Kier alpha value is -3.47. The Morgan fingerprint density at radius 1 is 1.12 bits per heavy atom. The third kappa shape index (κ3) is 3.82. The summed E-state index contributed by atoms with van der Waals surface area (Å²) < 4.78 is 47.5. The molecule has 33 heavy (non-hydrogen) atoms. The molecule has 0 amide bonds. The van der Waals surface area contributed by atoms with Gasteiger partial charge in [0.2, 0.25) is 0 Å². The van der Waals surface area contributed by atoms with Crippen LogP contribution in [0.15, 0.2) is 36.9 Å². The van der Waals surface area contributed by atoms with Gasteiger partial charge < -0.3 is 15.0 Å². The molecule has 1 fully saturated rings. The van der Waals surface area contributed by atoms with Crippen molar-refractivity contribution in [2.75, 3.05) is 36.5 Å². The zero-order chi connectivity index (χ0) is 23.2. The number of fused-ring (bicyclic) bond motifs is 3. The number of benzene rings is 1. The maximum Gasteiger partial charge on any atom is 0.416 e. The minimum Gasteiger partial charge on any atom is -0.378 e. The number of anilines is 2. The van der Waals surface area contributed by atoms with E-state index in [1.807, 2.05) is 13.0 Å². The fraction of sp³-hybridized carbons (Fsp3) is 0.364. The van der Waals surface area contributed by atoms with E-state index >= 15 is 0 Å². The summed E-state index contributed by atoms with van der Waals surface area (Å²) in [4.78, 5) is 11.0. The fourth-order valence-electron chi connectivity index (χ4n) is 4.34. The topological polar surface area (TPSA) is 80.5 Å². The van der Waals surface area contributed by atoms with Crippen LogP contribution in [0.1, 0.15) is 29.7 Å². The molecule has 1 aliphatic rings. The van der Waals surface area contributed by atoms with Crippen molar-refractivity contribution in [3.63, 3.8) is 0 Å². The number of nitrogens with one attached hydrogen (secondary N) is 1. The highest BCUT2D eigenvalue weighted by atomic mass is 19.4. The normalized spacial score (nSPS) is 15.8. The number of nitrogens with zero attached hydrogens (tertiary/aromatic N) is 6. The maximum absolute atomic E-state index is 13.4. The van der Waals surface area contributed by atoms with Gasteiger partial charge in [0.15, 0.2) is 11.3 Å². The van der Waals surface area contributed by atoms with Crippen LogP contribution in [0.4, 0.5) is 24.7 Å². The Labute approximate surface area is 187 Å². The van der Waals surface area contributed by atoms with Crippen LogP contribution >= 0.6 is 0 Å². The Bertz CT molecular complexity index is 1310. The van der Waals surface area contributed by atoms with Crippen molar-refractivity contribution < 1.29 is 17.9 Å². The molecule has 8 nitrogen and oxygen atoms in total. The van der Waals surface area contributed by atoms with Crippen molar-refractivity contribution in [2.24, 2.45) is 0 Å².